The van der Waals surface area contributed by atoms with Crippen LogP contribution in [0.1, 0.15) is 31.1 Å². The van der Waals surface area contributed by atoms with Gasteiger partial charge in [-0.1, -0.05) is 15.9 Å². The van der Waals surface area contributed by atoms with Gasteiger partial charge in [-0.3, -0.25) is 19.1 Å². The summed E-state index contributed by atoms with van der Waals surface area (Å²) in [6.07, 6.45) is -2.23. The molecule has 3 atom stereocenters. The van der Waals surface area contributed by atoms with Crippen molar-refractivity contribution < 1.29 is 37.3 Å². The molecule has 1 aromatic heterocycles. The molecule has 2 heterocycles. The van der Waals surface area contributed by atoms with Crippen LogP contribution in [0.4, 0.5) is 13.2 Å². The largest absolute Gasteiger partial charge is 0.490 e. The molecular formula is C17H20BrClF3N3O7. The molecule has 32 heavy (non-hydrogen) atoms. The number of rotatable bonds is 7. The average molecular weight is 551 g/mol. The number of ether oxygens (including phenoxy) is 2. The lowest BCUT2D eigenvalue weighted by Crippen LogP contribution is -2.33. The Balaban J connectivity index is 0.000000633. The predicted molar refractivity (Wildman–Crippen MR) is 110 cm³/mol. The van der Waals surface area contributed by atoms with Crippen molar-refractivity contribution in [2.24, 2.45) is 5.73 Å². The van der Waals surface area contributed by atoms with Gasteiger partial charge in [-0.05, 0) is 24.0 Å². The van der Waals surface area contributed by atoms with Crippen LogP contribution in [0.25, 0.3) is 6.08 Å². The minimum atomic E-state index is -5.08. The fourth-order valence-electron chi connectivity index (χ4n) is 2.40. The smallest absolute Gasteiger partial charge is 0.475 e. The highest BCUT2D eigenvalue weighted by Crippen LogP contribution is 2.31. The van der Waals surface area contributed by atoms with Crippen molar-refractivity contribution in [1.29, 1.82) is 0 Å². The van der Waals surface area contributed by atoms with Crippen LogP contribution in [0.15, 0.2) is 20.8 Å². The lowest BCUT2D eigenvalue weighted by Gasteiger charge is -2.16. The molecule has 4 N–H and O–H groups in total. The first-order valence-electron chi connectivity index (χ1n) is 8.98. The Labute approximate surface area is 192 Å². The molecule has 1 aliphatic rings. The van der Waals surface area contributed by atoms with Crippen molar-refractivity contribution in [1.82, 2.24) is 9.55 Å². The maximum atomic E-state index is 12.0. The van der Waals surface area contributed by atoms with E-state index in [2.05, 4.69) is 20.9 Å². The number of carbonyl (C=O) groups excluding carboxylic acids is 1. The lowest BCUT2D eigenvalue weighted by atomic mass is 10.2. The van der Waals surface area contributed by atoms with Gasteiger partial charge >= 0.3 is 23.8 Å². The number of aromatic nitrogens is 2. The van der Waals surface area contributed by atoms with Gasteiger partial charge in [0.05, 0.1) is 10.9 Å². The molecule has 3 unspecified atom stereocenters. The van der Waals surface area contributed by atoms with Crippen molar-refractivity contribution in [3.63, 3.8) is 0 Å². The molecule has 0 saturated carbocycles. The average Bonchev–Trinajstić information content (AvgIpc) is 3.07. The normalized spacial score (nSPS) is 20.6. The maximum absolute atomic E-state index is 12.0. The van der Waals surface area contributed by atoms with E-state index in [0.717, 1.165) is 0 Å². The van der Waals surface area contributed by atoms with E-state index in [0.29, 0.717) is 24.9 Å². The molecule has 10 nitrogen and oxygen atoms in total. The summed E-state index contributed by atoms with van der Waals surface area (Å²) in [6.45, 7) is 0.413. The number of hydrogen-bond donors (Lipinski definition) is 3. The van der Waals surface area contributed by atoms with Gasteiger partial charge < -0.3 is 20.3 Å². The Morgan fingerprint density at radius 2 is 2.06 bits per heavy atom. The van der Waals surface area contributed by atoms with Gasteiger partial charge in [0, 0.05) is 19.0 Å². The highest BCUT2D eigenvalue weighted by molar-refractivity contribution is 9.11. The van der Waals surface area contributed by atoms with Crippen molar-refractivity contribution in [2.45, 2.75) is 43.1 Å². The minimum absolute atomic E-state index is 0.000333. The Hall–Kier alpha value is -2.16. The van der Waals surface area contributed by atoms with E-state index in [1.807, 2.05) is 0 Å². The number of nitrogens with one attached hydrogen (secondary N) is 1. The Morgan fingerprint density at radius 1 is 1.44 bits per heavy atom. The van der Waals surface area contributed by atoms with Crippen molar-refractivity contribution in [2.75, 3.05) is 13.2 Å². The van der Waals surface area contributed by atoms with E-state index in [4.69, 9.17) is 36.7 Å². The fourth-order valence-corrected chi connectivity index (χ4v) is 2.97. The number of aromatic amines is 1. The molecule has 0 amide bonds. The van der Waals surface area contributed by atoms with E-state index in [1.54, 1.807) is 0 Å². The van der Waals surface area contributed by atoms with Gasteiger partial charge in [0.25, 0.3) is 5.56 Å². The summed E-state index contributed by atoms with van der Waals surface area (Å²) in [6, 6.07) is 0. The van der Waals surface area contributed by atoms with Gasteiger partial charge in [-0.25, -0.2) is 9.59 Å². The van der Waals surface area contributed by atoms with Crippen LogP contribution in [-0.2, 0) is 19.1 Å². The summed E-state index contributed by atoms with van der Waals surface area (Å²) in [7, 11) is 0. The Kier molecular flexibility index (Phi) is 11.1. The third-order valence-corrected chi connectivity index (χ3v) is 4.67. The van der Waals surface area contributed by atoms with Crippen molar-refractivity contribution in [3.05, 3.63) is 37.6 Å². The third kappa shape index (κ3) is 8.76. The second kappa shape index (κ2) is 12.8. The topological polar surface area (TPSA) is 154 Å². The zero-order chi connectivity index (χ0) is 24.5. The number of carboxylic acid groups (broad SMARTS) is 1. The summed E-state index contributed by atoms with van der Waals surface area (Å²) in [5.74, 6) is -3.13. The van der Waals surface area contributed by atoms with E-state index in [1.165, 1.54) is 21.8 Å². The van der Waals surface area contributed by atoms with Crippen LogP contribution in [0.3, 0.4) is 0 Å². The van der Waals surface area contributed by atoms with Crippen LogP contribution in [0.5, 0.6) is 0 Å². The number of aliphatic carboxylic acids is 1. The standard InChI is InChI=1S/C15H19BrClN3O5.C2HF3O2/c16-4-3-9-7-20(15(23)19-14(9)22)12-6-10(17)11(25-12)8-24-13(21)2-1-5-18;3-2(4,5)1(6)7/h3-4,7,10-12H,1-2,5-6,8,18H2,(H,19,22,23);(H,6,7)/b4-3+;. The van der Waals surface area contributed by atoms with Gasteiger partial charge in [-0.2, -0.15) is 13.2 Å². The van der Waals surface area contributed by atoms with Crippen LogP contribution in [-0.4, -0.2) is 57.4 Å². The SMILES string of the molecule is NCCCC(=O)OCC1OC(n2cc(/C=C/Br)c(=O)[nH]c2=O)CC1Cl.O=C(O)C(F)(F)F. The second-order valence-electron chi connectivity index (χ2n) is 6.30. The minimum Gasteiger partial charge on any atom is -0.475 e. The van der Waals surface area contributed by atoms with Gasteiger partial charge in [0.15, 0.2) is 0 Å². The lowest BCUT2D eigenvalue weighted by molar-refractivity contribution is -0.192. The molecule has 0 bridgehead atoms. The zero-order valence-corrected chi connectivity index (χ0v) is 18.7. The van der Waals surface area contributed by atoms with E-state index < -0.39 is 41.1 Å². The van der Waals surface area contributed by atoms with Gasteiger partial charge in [0.2, 0.25) is 0 Å². The highest BCUT2D eigenvalue weighted by atomic mass is 79.9. The molecule has 1 fully saturated rings. The number of H-pyrrole nitrogens is 1. The summed E-state index contributed by atoms with van der Waals surface area (Å²) in [5.41, 5.74) is 4.54. The predicted octanol–water partition coefficient (Wildman–Crippen LogP) is 1.71. The molecule has 15 heteroatoms. The maximum Gasteiger partial charge on any atom is 0.490 e. The molecule has 0 radical (unpaired) electrons. The molecule has 0 aliphatic carbocycles. The molecule has 1 aromatic rings. The first-order valence-corrected chi connectivity index (χ1v) is 10.3. The number of carboxylic acids is 1. The number of nitrogens with zero attached hydrogens (tertiary/aromatic N) is 1. The van der Waals surface area contributed by atoms with Crippen molar-refractivity contribution >= 4 is 45.5 Å². The van der Waals surface area contributed by atoms with Crippen LogP contribution in [0.2, 0.25) is 0 Å². The molecular weight excluding hydrogens is 531 g/mol. The van der Waals surface area contributed by atoms with E-state index in [-0.39, 0.29) is 19.0 Å². The molecule has 2 rings (SSSR count). The summed E-state index contributed by atoms with van der Waals surface area (Å²) < 4.78 is 43.9. The first kappa shape index (κ1) is 27.9. The molecule has 180 valence electrons. The first-order chi connectivity index (χ1) is 14.9. The summed E-state index contributed by atoms with van der Waals surface area (Å²) in [4.78, 5) is 47.9. The molecule has 0 aromatic carbocycles. The van der Waals surface area contributed by atoms with Gasteiger partial charge in [-0.15, -0.1) is 11.6 Å². The molecule has 1 saturated heterocycles. The number of esters is 1. The number of halogens is 5. The second-order valence-corrected chi connectivity index (χ2v) is 7.39. The quantitative estimate of drug-likeness (QED) is 0.343. The number of hydrogen-bond acceptors (Lipinski definition) is 7. The zero-order valence-electron chi connectivity index (χ0n) is 16.3. The molecule has 1 aliphatic heterocycles. The van der Waals surface area contributed by atoms with Crippen molar-refractivity contribution in [3.8, 4) is 0 Å². The third-order valence-electron chi connectivity index (χ3n) is 3.95. The monoisotopic (exact) mass is 549 g/mol. The van der Waals surface area contributed by atoms with Crippen LogP contribution in [0, 0.1) is 0 Å². The van der Waals surface area contributed by atoms with Gasteiger partial charge in [0.1, 0.15) is 18.9 Å². The van der Waals surface area contributed by atoms with Crippen LogP contribution >= 0.6 is 27.5 Å². The number of nitrogens with two attached hydrogens (primary N) is 1. The summed E-state index contributed by atoms with van der Waals surface area (Å²) >= 11 is 9.34. The number of alkyl halides is 4. The number of carbonyl (C=O) groups is 2. The van der Waals surface area contributed by atoms with E-state index in [9.17, 15) is 27.6 Å². The Morgan fingerprint density at radius 3 is 2.59 bits per heavy atom. The summed E-state index contributed by atoms with van der Waals surface area (Å²) in [5, 5.41) is 6.70. The van der Waals surface area contributed by atoms with E-state index >= 15 is 0 Å². The molecule has 0 spiro atoms. The van der Waals surface area contributed by atoms with Crippen LogP contribution < -0.4 is 17.0 Å². The highest BCUT2D eigenvalue weighted by Gasteiger charge is 2.38. The fraction of sp³-hybridized carbons (Fsp3) is 0.529. The Bertz CT molecular complexity index is 935.